The number of anilines is 1. The lowest BCUT2D eigenvalue weighted by molar-refractivity contribution is -0.116. The molecule has 0 saturated carbocycles. The average Bonchev–Trinajstić information content (AvgIpc) is 3.09. The van der Waals surface area contributed by atoms with Crippen LogP contribution in [-0.4, -0.2) is 25.5 Å². The van der Waals surface area contributed by atoms with Crippen molar-refractivity contribution >= 4 is 46.4 Å². The molecule has 3 rings (SSSR count). The molecule has 6 nitrogen and oxygen atoms in total. The number of nitrogens with zero attached hydrogens (tertiary/aromatic N) is 4. The monoisotopic (exact) mass is 439 g/mol. The maximum atomic E-state index is 12.4. The Kier molecular flexibility index (Phi) is 6.33. The molecule has 2 heterocycles. The molecule has 1 amide bonds. The van der Waals surface area contributed by atoms with Gasteiger partial charge in [0.15, 0.2) is 0 Å². The van der Waals surface area contributed by atoms with Crippen molar-refractivity contribution in [2.75, 3.05) is 5.32 Å². The normalized spacial score (nSPS) is 11.1. The molecule has 0 bridgehead atoms. The van der Waals surface area contributed by atoms with Crippen LogP contribution in [0.5, 0.6) is 0 Å². The predicted octanol–water partition coefficient (Wildman–Crippen LogP) is 5.04. The molecule has 0 aliphatic rings. The SMILES string of the molecule is Cc1nn(CCC(=O)Nc2c(C)nn(Cc3ccc(Cl)cc3Cl)c2C)cc1Cl. The lowest BCUT2D eigenvalue weighted by Gasteiger charge is -2.09. The second-order valence-corrected chi connectivity index (χ2v) is 7.81. The molecule has 0 aliphatic carbocycles. The second kappa shape index (κ2) is 8.55. The Hall–Kier alpha value is -2.02. The molecule has 1 N–H and O–H groups in total. The van der Waals surface area contributed by atoms with Crippen molar-refractivity contribution in [1.29, 1.82) is 0 Å². The number of carbonyl (C=O) groups excluding carboxylic acids is 1. The van der Waals surface area contributed by atoms with Crippen LogP contribution in [0, 0.1) is 20.8 Å². The lowest BCUT2D eigenvalue weighted by Crippen LogP contribution is -2.16. The van der Waals surface area contributed by atoms with E-state index in [1.165, 1.54) is 0 Å². The Morgan fingerprint density at radius 1 is 1.07 bits per heavy atom. The van der Waals surface area contributed by atoms with Crippen molar-refractivity contribution in [3.63, 3.8) is 0 Å². The predicted molar refractivity (Wildman–Crippen MR) is 112 cm³/mol. The van der Waals surface area contributed by atoms with E-state index in [9.17, 15) is 4.79 Å². The van der Waals surface area contributed by atoms with Crippen LogP contribution in [0.2, 0.25) is 15.1 Å². The summed E-state index contributed by atoms with van der Waals surface area (Å²) in [4.78, 5) is 12.4. The second-order valence-electron chi connectivity index (χ2n) is 6.56. The molecule has 148 valence electrons. The Balaban J connectivity index is 1.68. The highest BCUT2D eigenvalue weighted by atomic mass is 35.5. The topological polar surface area (TPSA) is 64.7 Å². The summed E-state index contributed by atoms with van der Waals surface area (Å²) in [5.41, 5.74) is 3.96. The zero-order valence-electron chi connectivity index (χ0n) is 15.8. The highest BCUT2D eigenvalue weighted by Gasteiger charge is 2.15. The largest absolute Gasteiger partial charge is 0.323 e. The van der Waals surface area contributed by atoms with Crippen LogP contribution >= 0.6 is 34.8 Å². The van der Waals surface area contributed by atoms with E-state index < -0.39 is 0 Å². The quantitative estimate of drug-likeness (QED) is 0.584. The van der Waals surface area contributed by atoms with Gasteiger partial charge in [-0.25, -0.2) is 0 Å². The number of nitrogens with one attached hydrogen (secondary N) is 1. The van der Waals surface area contributed by atoms with Gasteiger partial charge in [-0.2, -0.15) is 10.2 Å². The minimum Gasteiger partial charge on any atom is -0.323 e. The van der Waals surface area contributed by atoms with Gasteiger partial charge in [-0.3, -0.25) is 14.2 Å². The number of rotatable bonds is 6. The molecule has 0 atom stereocenters. The standard InChI is InChI=1S/C19H20Cl3N5O/c1-11-17(22)10-26(24-11)7-6-18(28)23-19-12(2)25-27(13(19)3)9-14-4-5-15(20)8-16(14)21/h4-5,8,10H,6-7,9H2,1-3H3,(H,23,28). The molecule has 0 radical (unpaired) electrons. The minimum absolute atomic E-state index is 0.112. The van der Waals surface area contributed by atoms with Crippen LogP contribution in [0.3, 0.4) is 0 Å². The Labute approximate surface area is 178 Å². The zero-order valence-corrected chi connectivity index (χ0v) is 18.0. The van der Waals surface area contributed by atoms with Gasteiger partial charge in [-0.15, -0.1) is 0 Å². The molecule has 28 heavy (non-hydrogen) atoms. The first-order valence-corrected chi connectivity index (χ1v) is 9.85. The molecule has 0 saturated heterocycles. The summed E-state index contributed by atoms with van der Waals surface area (Å²) in [6, 6.07) is 5.37. The maximum absolute atomic E-state index is 12.4. The van der Waals surface area contributed by atoms with E-state index in [1.54, 1.807) is 23.0 Å². The fourth-order valence-electron chi connectivity index (χ4n) is 2.87. The number of hydrogen-bond acceptors (Lipinski definition) is 3. The molecule has 0 aliphatic heterocycles. The summed E-state index contributed by atoms with van der Waals surface area (Å²) < 4.78 is 3.49. The first-order chi connectivity index (χ1) is 13.2. The van der Waals surface area contributed by atoms with Crippen LogP contribution < -0.4 is 5.32 Å². The summed E-state index contributed by atoms with van der Waals surface area (Å²) >= 11 is 18.2. The van der Waals surface area contributed by atoms with Crippen molar-refractivity contribution in [3.05, 3.63) is 62.1 Å². The average molecular weight is 441 g/mol. The van der Waals surface area contributed by atoms with Crippen LogP contribution in [0.15, 0.2) is 24.4 Å². The summed E-state index contributed by atoms with van der Waals surface area (Å²) in [5, 5.41) is 13.5. The first kappa shape index (κ1) is 20.7. The summed E-state index contributed by atoms with van der Waals surface area (Å²) in [7, 11) is 0. The van der Waals surface area contributed by atoms with Crippen molar-refractivity contribution in [2.45, 2.75) is 40.3 Å². The minimum atomic E-state index is -0.112. The van der Waals surface area contributed by atoms with E-state index in [1.807, 2.05) is 31.5 Å². The molecule has 0 fully saturated rings. The van der Waals surface area contributed by atoms with Crippen LogP contribution in [-0.2, 0) is 17.9 Å². The van der Waals surface area contributed by atoms with Crippen molar-refractivity contribution in [3.8, 4) is 0 Å². The zero-order chi connectivity index (χ0) is 20.4. The number of amides is 1. The number of carbonyl (C=O) groups is 1. The van der Waals surface area contributed by atoms with Gasteiger partial charge >= 0.3 is 0 Å². The number of aryl methyl sites for hydroxylation is 3. The summed E-state index contributed by atoms with van der Waals surface area (Å²) in [6.07, 6.45) is 2.00. The van der Waals surface area contributed by atoms with Gasteiger partial charge in [-0.1, -0.05) is 40.9 Å². The maximum Gasteiger partial charge on any atom is 0.226 e. The van der Waals surface area contributed by atoms with Gasteiger partial charge in [0.25, 0.3) is 0 Å². The van der Waals surface area contributed by atoms with Gasteiger partial charge < -0.3 is 5.32 Å². The number of aromatic nitrogens is 4. The fourth-order valence-corrected chi connectivity index (χ4v) is 3.49. The summed E-state index contributed by atoms with van der Waals surface area (Å²) in [6.45, 7) is 6.54. The third-order valence-electron chi connectivity index (χ3n) is 4.44. The van der Waals surface area contributed by atoms with E-state index in [4.69, 9.17) is 34.8 Å². The molecular formula is C19H20Cl3N5O. The third kappa shape index (κ3) is 4.69. The Morgan fingerprint density at radius 2 is 1.82 bits per heavy atom. The van der Waals surface area contributed by atoms with Crippen LogP contribution in [0.25, 0.3) is 0 Å². The highest BCUT2D eigenvalue weighted by molar-refractivity contribution is 6.35. The van der Waals surface area contributed by atoms with Gasteiger partial charge in [0, 0.05) is 29.2 Å². The molecule has 9 heteroatoms. The van der Waals surface area contributed by atoms with Crippen molar-refractivity contribution < 1.29 is 4.79 Å². The molecule has 1 aromatic carbocycles. The highest BCUT2D eigenvalue weighted by Crippen LogP contribution is 2.25. The van der Waals surface area contributed by atoms with Gasteiger partial charge in [0.05, 0.1) is 34.3 Å². The first-order valence-electron chi connectivity index (χ1n) is 8.72. The van der Waals surface area contributed by atoms with E-state index >= 15 is 0 Å². The van der Waals surface area contributed by atoms with E-state index in [0.717, 1.165) is 22.6 Å². The van der Waals surface area contributed by atoms with E-state index in [0.29, 0.717) is 33.8 Å². The molecule has 0 spiro atoms. The molecular weight excluding hydrogens is 421 g/mol. The van der Waals surface area contributed by atoms with Crippen LogP contribution in [0.4, 0.5) is 5.69 Å². The van der Waals surface area contributed by atoms with Gasteiger partial charge in [0.1, 0.15) is 0 Å². The summed E-state index contributed by atoms with van der Waals surface area (Å²) in [5.74, 6) is -0.112. The molecule has 3 aromatic rings. The lowest BCUT2D eigenvalue weighted by atomic mass is 10.2. The van der Waals surface area contributed by atoms with Crippen LogP contribution in [0.1, 0.15) is 29.1 Å². The van der Waals surface area contributed by atoms with Crippen molar-refractivity contribution in [1.82, 2.24) is 19.6 Å². The molecule has 2 aromatic heterocycles. The Bertz CT molecular complexity index is 1010. The van der Waals surface area contributed by atoms with Crippen molar-refractivity contribution in [2.24, 2.45) is 0 Å². The van der Waals surface area contributed by atoms with E-state index in [2.05, 4.69) is 15.5 Å². The van der Waals surface area contributed by atoms with E-state index in [-0.39, 0.29) is 12.3 Å². The molecule has 0 unspecified atom stereocenters. The smallest absolute Gasteiger partial charge is 0.226 e. The number of halogens is 3. The third-order valence-corrected chi connectivity index (χ3v) is 5.39. The van der Waals surface area contributed by atoms with Gasteiger partial charge in [-0.05, 0) is 38.5 Å². The number of hydrogen-bond donors (Lipinski definition) is 1. The van der Waals surface area contributed by atoms with Gasteiger partial charge in [0.2, 0.25) is 5.91 Å². The Morgan fingerprint density at radius 3 is 2.46 bits per heavy atom. The number of benzene rings is 1. The fraction of sp³-hybridized carbons (Fsp3) is 0.316.